The number of rotatable bonds is 13. The Bertz CT molecular complexity index is 1340. The lowest BCUT2D eigenvalue weighted by atomic mass is 10.0. The molecule has 0 radical (unpaired) electrons. The van der Waals surface area contributed by atoms with Gasteiger partial charge >= 0.3 is 5.97 Å². The molecule has 0 fully saturated rings. The summed E-state index contributed by atoms with van der Waals surface area (Å²) < 4.78 is 0. The van der Waals surface area contributed by atoms with Crippen LogP contribution in [0.25, 0.3) is 10.9 Å². The van der Waals surface area contributed by atoms with Gasteiger partial charge in [0.05, 0.1) is 12.1 Å². The number of carboxylic acid groups (broad SMARTS) is 1. The Morgan fingerprint density at radius 2 is 1.57 bits per heavy atom. The van der Waals surface area contributed by atoms with Crippen LogP contribution >= 0.6 is 12.6 Å². The van der Waals surface area contributed by atoms with Crippen molar-refractivity contribution < 1.29 is 34.5 Å². The van der Waals surface area contributed by atoms with E-state index in [1.807, 2.05) is 24.3 Å². The third-order valence-corrected chi connectivity index (χ3v) is 6.69. The summed E-state index contributed by atoms with van der Waals surface area (Å²) in [5, 5.41) is 37.1. The fourth-order valence-corrected chi connectivity index (χ4v) is 4.34. The zero-order valence-electron chi connectivity index (χ0n) is 21.7. The van der Waals surface area contributed by atoms with Crippen LogP contribution in [0.4, 0.5) is 0 Å². The summed E-state index contributed by atoms with van der Waals surface area (Å²) in [6.45, 7) is 1.26. The fourth-order valence-electron chi connectivity index (χ4n) is 4.09. The molecule has 0 aliphatic heterocycles. The first kappa shape index (κ1) is 30.5. The smallest absolute Gasteiger partial charge is 0.327 e. The second kappa shape index (κ2) is 13.8. The monoisotopic (exact) mass is 571 g/mol. The van der Waals surface area contributed by atoms with Crippen molar-refractivity contribution in [2.75, 3.05) is 5.75 Å². The number of phenols is 1. The van der Waals surface area contributed by atoms with Gasteiger partial charge in [0.25, 0.3) is 0 Å². The first-order chi connectivity index (χ1) is 19.0. The molecule has 3 rings (SSSR count). The van der Waals surface area contributed by atoms with E-state index in [4.69, 9.17) is 5.73 Å². The summed E-state index contributed by atoms with van der Waals surface area (Å²) in [6, 6.07) is 8.41. The molecule has 9 N–H and O–H groups in total. The lowest BCUT2D eigenvalue weighted by Gasteiger charge is -2.26. The summed E-state index contributed by atoms with van der Waals surface area (Å²) >= 11 is 3.90. The van der Waals surface area contributed by atoms with E-state index < -0.39 is 54.0 Å². The van der Waals surface area contributed by atoms with Gasteiger partial charge in [0.15, 0.2) is 0 Å². The number of nitrogens with two attached hydrogens (primary N) is 1. The molecule has 1 heterocycles. The number of hydrogen-bond acceptors (Lipinski definition) is 8. The Balaban J connectivity index is 1.77. The molecule has 0 bridgehead atoms. The van der Waals surface area contributed by atoms with Gasteiger partial charge in [-0.05, 0) is 42.7 Å². The summed E-state index contributed by atoms with van der Waals surface area (Å²) in [4.78, 5) is 53.6. The Kier molecular flexibility index (Phi) is 10.5. The minimum atomic E-state index is -1.52. The Morgan fingerprint density at radius 3 is 2.20 bits per heavy atom. The molecule has 0 saturated heterocycles. The van der Waals surface area contributed by atoms with Crippen molar-refractivity contribution in [3.05, 3.63) is 65.9 Å². The van der Waals surface area contributed by atoms with Gasteiger partial charge in [0.2, 0.25) is 17.7 Å². The molecule has 13 heteroatoms. The molecule has 3 aromatic rings. The number of hydrogen-bond donors (Lipinski definition) is 9. The molecule has 5 atom stereocenters. The summed E-state index contributed by atoms with van der Waals surface area (Å²) in [5.41, 5.74) is 8.49. The fraction of sp³-hybridized carbons (Fsp3) is 0.333. The van der Waals surface area contributed by atoms with Gasteiger partial charge in [-0.15, -0.1) is 0 Å². The van der Waals surface area contributed by atoms with Crippen molar-refractivity contribution in [1.29, 1.82) is 0 Å². The largest absolute Gasteiger partial charge is 0.508 e. The van der Waals surface area contributed by atoms with E-state index >= 15 is 0 Å². The average Bonchev–Trinajstić information content (AvgIpc) is 3.33. The first-order valence-corrected chi connectivity index (χ1v) is 13.1. The van der Waals surface area contributed by atoms with E-state index in [0.717, 1.165) is 16.5 Å². The van der Waals surface area contributed by atoms with E-state index in [9.17, 15) is 34.5 Å². The average molecular weight is 572 g/mol. The molecule has 0 saturated carbocycles. The SMILES string of the molecule is CC(O)C(NC(=O)C(Cc1ccc(O)cc1)NC(=O)C(N)Cc1c[nH]c2ccccc12)C(=O)NC(CS)C(=O)O. The lowest BCUT2D eigenvalue weighted by Crippen LogP contribution is -2.60. The van der Waals surface area contributed by atoms with Crippen molar-refractivity contribution in [3.63, 3.8) is 0 Å². The molecule has 5 unspecified atom stereocenters. The first-order valence-electron chi connectivity index (χ1n) is 12.5. The van der Waals surface area contributed by atoms with Gasteiger partial charge in [-0.3, -0.25) is 14.4 Å². The molecule has 1 aromatic heterocycles. The van der Waals surface area contributed by atoms with Gasteiger partial charge in [-0.2, -0.15) is 12.6 Å². The standard InChI is InChI=1S/C27H33N5O7S/c1-14(33)23(26(37)31-22(13-40)27(38)39)32-25(36)21(10-15-6-8-17(34)9-7-15)30-24(35)19(28)11-16-12-29-20-5-3-2-4-18(16)20/h2-9,12,14,19,21-23,29,33-34,40H,10-11,13,28H2,1H3,(H,30,35)(H,31,37)(H,32,36)(H,38,39). The highest BCUT2D eigenvalue weighted by molar-refractivity contribution is 7.80. The maximum atomic E-state index is 13.3. The summed E-state index contributed by atoms with van der Waals surface area (Å²) in [6.07, 6.45) is 0.523. The molecular weight excluding hydrogens is 538 g/mol. The van der Waals surface area contributed by atoms with Gasteiger partial charge < -0.3 is 42.0 Å². The number of thiol groups is 1. The van der Waals surface area contributed by atoms with Crippen LogP contribution in [0.5, 0.6) is 5.75 Å². The third kappa shape index (κ3) is 7.97. The number of aromatic nitrogens is 1. The number of aliphatic hydroxyl groups is 1. The van der Waals surface area contributed by atoms with Crippen molar-refractivity contribution in [2.24, 2.45) is 5.73 Å². The number of para-hydroxylation sites is 1. The van der Waals surface area contributed by atoms with E-state index in [0.29, 0.717) is 5.56 Å². The predicted octanol–water partition coefficient (Wildman–Crippen LogP) is -0.164. The normalized spacial score (nSPS) is 14.9. The van der Waals surface area contributed by atoms with Crippen LogP contribution in [0.2, 0.25) is 0 Å². The summed E-state index contributed by atoms with van der Waals surface area (Å²) in [5.74, 6) is -3.90. The number of phenolic OH excluding ortho intramolecular Hbond substituents is 1. The maximum Gasteiger partial charge on any atom is 0.327 e. The van der Waals surface area contributed by atoms with Crippen LogP contribution in [0, 0.1) is 0 Å². The number of fused-ring (bicyclic) bond motifs is 1. The molecule has 0 aliphatic rings. The number of nitrogens with one attached hydrogen (secondary N) is 4. The topological polar surface area (TPSA) is 207 Å². The van der Waals surface area contributed by atoms with Gasteiger partial charge in [0.1, 0.15) is 23.9 Å². The maximum absolute atomic E-state index is 13.3. The lowest BCUT2D eigenvalue weighted by molar-refractivity contribution is -0.142. The second-order valence-corrected chi connectivity index (χ2v) is 9.78. The number of carbonyl (C=O) groups excluding carboxylic acids is 3. The molecule has 214 valence electrons. The summed E-state index contributed by atoms with van der Waals surface area (Å²) in [7, 11) is 0. The van der Waals surface area contributed by atoms with Crippen molar-refractivity contribution in [1.82, 2.24) is 20.9 Å². The number of aliphatic hydroxyl groups excluding tert-OH is 1. The van der Waals surface area contributed by atoms with Gasteiger partial charge in [-0.25, -0.2) is 4.79 Å². The third-order valence-electron chi connectivity index (χ3n) is 6.32. The van der Waals surface area contributed by atoms with Crippen LogP contribution in [0.3, 0.4) is 0 Å². The number of carboxylic acids is 1. The van der Waals surface area contributed by atoms with Crippen LogP contribution in [-0.2, 0) is 32.0 Å². The predicted molar refractivity (Wildman–Crippen MR) is 151 cm³/mol. The number of H-pyrrole nitrogens is 1. The Labute approximate surface area is 235 Å². The van der Waals surface area contributed by atoms with Crippen molar-refractivity contribution in [2.45, 2.75) is 50.0 Å². The van der Waals surface area contributed by atoms with E-state index in [1.165, 1.54) is 19.1 Å². The number of aromatic hydroxyl groups is 1. The van der Waals surface area contributed by atoms with E-state index in [2.05, 4.69) is 33.6 Å². The van der Waals surface area contributed by atoms with Crippen LogP contribution in [0.15, 0.2) is 54.7 Å². The van der Waals surface area contributed by atoms with Gasteiger partial charge in [0, 0.05) is 29.3 Å². The zero-order valence-corrected chi connectivity index (χ0v) is 22.6. The Hall–Kier alpha value is -4.07. The molecule has 0 spiro atoms. The highest BCUT2D eigenvalue weighted by atomic mass is 32.1. The van der Waals surface area contributed by atoms with Crippen LogP contribution in [-0.4, -0.2) is 80.0 Å². The van der Waals surface area contributed by atoms with Crippen LogP contribution in [0.1, 0.15) is 18.1 Å². The molecular formula is C27H33N5O7S. The quantitative estimate of drug-likeness (QED) is 0.126. The molecule has 40 heavy (non-hydrogen) atoms. The number of aromatic amines is 1. The Morgan fingerprint density at radius 1 is 0.925 bits per heavy atom. The second-order valence-electron chi connectivity index (χ2n) is 9.41. The molecule has 0 aliphatic carbocycles. The number of aliphatic carboxylic acids is 1. The minimum Gasteiger partial charge on any atom is -0.508 e. The van der Waals surface area contributed by atoms with Crippen molar-refractivity contribution >= 4 is 47.2 Å². The molecule has 12 nitrogen and oxygen atoms in total. The molecule has 2 aromatic carbocycles. The van der Waals surface area contributed by atoms with Crippen molar-refractivity contribution in [3.8, 4) is 5.75 Å². The number of benzene rings is 2. The highest BCUT2D eigenvalue weighted by Crippen LogP contribution is 2.19. The minimum absolute atomic E-state index is 0.0116. The van der Waals surface area contributed by atoms with E-state index in [-0.39, 0.29) is 24.3 Å². The van der Waals surface area contributed by atoms with Crippen LogP contribution < -0.4 is 21.7 Å². The van der Waals surface area contributed by atoms with Gasteiger partial charge in [-0.1, -0.05) is 30.3 Å². The number of carbonyl (C=O) groups is 4. The molecule has 3 amide bonds. The highest BCUT2D eigenvalue weighted by Gasteiger charge is 2.32. The zero-order chi connectivity index (χ0) is 29.4. The van der Waals surface area contributed by atoms with E-state index in [1.54, 1.807) is 18.3 Å². The number of amides is 3.